The van der Waals surface area contributed by atoms with Crippen molar-refractivity contribution in [2.75, 3.05) is 30.0 Å². The molecule has 2 N–H and O–H groups in total. The van der Waals surface area contributed by atoms with Crippen molar-refractivity contribution in [2.24, 2.45) is 0 Å². The third-order valence-electron chi connectivity index (χ3n) is 2.76. The summed E-state index contributed by atoms with van der Waals surface area (Å²) in [5.74, 6) is -0.157. The molecule has 1 saturated heterocycles. The van der Waals surface area contributed by atoms with Crippen LogP contribution < -0.4 is 10.2 Å². The van der Waals surface area contributed by atoms with Crippen LogP contribution in [0.5, 0.6) is 0 Å². The monoisotopic (exact) mass is 264 g/mol. The molecule has 0 aromatic heterocycles. The third-order valence-corrected chi connectivity index (χ3v) is 2.76. The number of ether oxygens (including phenoxy) is 1. The number of carbonyl (C=O) groups is 2. The number of carbonyl (C=O) groups excluding carboxylic acids is 2. The Morgan fingerprint density at radius 1 is 1.47 bits per heavy atom. The summed E-state index contributed by atoms with van der Waals surface area (Å²) in [4.78, 5) is 24.5. The summed E-state index contributed by atoms with van der Waals surface area (Å²) in [5, 5.41) is 11.4. The number of benzene rings is 1. The molecule has 0 saturated carbocycles. The molecular formula is C13H16N2O4. The van der Waals surface area contributed by atoms with Crippen LogP contribution >= 0.6 is 0 Å². The van der Waals surface area contributed by atoms with Crippen molar-refractivity contribution in [1.29, 1.82) is 0 Å². The Kier molecular flexibility index (Phi) is 4.35. The first-order valence-corrected chi connectivity index (χ1v) is 6.16. The molecule has 0 spiro atoms. The van der Waals surface area contributed by atoms with E-state index in [1.165, 1.54) is 4.90 Å². The first-order chi connectivity index (χ1) is 9.20. The van der Waals surface area contributed by atoms with Gasteiger partial charge in [-0.05, 0) is 24.6 Å². The highest BCUT2D eigenvalue weighted by Gasteiger charge is 2.23. The van der Waals surface area contributed by atoms with Crippen molar-refractivity contribution in [3.63, 3.8) is 0 Å². The van der Waals surface area contributed by atoms with E-state index in [1.54, 1.807) is 24.3 Å². The number of aliphatic hydroxyl groups is 1. The summed E-state index contributed by atoms with van der Waals surface area (Å²) in [6.07, 6.45) is 0.333. The number of hydrogen-bond acceptors (Lipinski definition) is 4. The van der Waals surface area contributed by atoms with E-state index in [1.807, 2.05) is 0 Å². The van der Waals surface area contributed by atoms with E-state index in [0.717, 1.165) is 0 Å². The van der Waals surface area contributed by atoms with E-state index >= 15 is 0 Å². The van der Waals surface area contributed by atoms with Gasteiger partial charge >= 0.3 is 6.09 Å². The Balaban J connectivity index is 2.02. The maximum atomic E-state index is 11.5. The van der Waals surface area contributed by atoms with Gasteiger partial charge in [-0.2, -0.15) is 0 Å². The van der Waals surface area contributed by atoms with Gasteiger partial charge in [0.25, 0.3) is 0 Å². The third kappa shape index (κ3) is 3.45. The normalized spacial score (nSPS) is 14.4. The lowest BCUT2D eigenvalue weighted by Crippen LogP contribution is -2.23. The fourth-order valence-corrected chi connectivity index (χ4v) is 1.84. The zero-order valence-electron chi connectivity index (χ0n) is 10.5. The Morgan fingerprint density at radius 2 is 2.32 bits per heavy atom. The molecular weight excluding hydrogens is 248 g/mol. The molecule has 0 bridgehead atoms. The molecule has 2 rings (SSSR count). The highest BCUT2D eigenvalue weighted by molar-refractivity contribution is 5.93. The number of cyclic esters (lactones) is 1. The van der Waals surface area contributed by atoms with E-state index < -0.39 is 0 Å². The number of rotatable bonds is 5. The highest BCUT2D eigenvalue weighted by atomic mass is 16.6. The van der Waals surface area contributed by atoms with Crippen LogP contribution in [0.25, 0.3) is 0 Å². The maximum Gasteiger partial charge on any atom is 0.414 e. The second-order valence-electron chi connectivity index (χ2n) is 4.19. The molecule has 6 heteroatoms. The Bertz CT molecular complexity index is 475. The first kappa shape index (κ1) is 13.4. The number of aliphatic hydroxyl groups excluding tert-OH is 1. The lowest BCUT2D eigenvalue weighted by Gasteiger charge is -2.14. The average Bonchev–Trinajstić information content (AvgIpc) is 2.83. The first-order valence-electron chi connectivity index (χ1n) is 6.16. The summed E-state index contributed by atoms with van der Waals surface area (Å²) in [5.41, 5.74) is 1.32. The largest absolute Gasteiger partial charge is 0.447 e. The highest BCUT2D eigenvalue weighted by Crippen LogP contribution is 2.22. The molecule has 6 nitrogen and oxygen atoms in total. The number of amides is 2. The summed E-state index contributed by atoms with van der Waals surface area (Å²) in [6, 6.07) is 7.03. The summed E-state index contributed by atoms with van der Waals surface area (Å²) in [6.45, 7) is 0.889. The van der Waals surface area contributed by atoms with Crippen LogP contribution in [-0.4, -0.2) is 36.9 Å². The van der Waals surface area contributed by atoms with Crippen molar-refractivity contribution >= 4 is 23.4 Å². The van der Waals surface area contributed by atoms with Gasteiger partial charge in [-0.1, -0.05) is 6.07 Å². The van der Waals surface area contributed by atoms with Crippen molar-refractivity contribution in [1.82, 2.24) is 0 Å². The number of nitrogens with zero attached hydrogens (tertiary/aromatic N) is 1. The van der Waals surface area contributed by atoms with E-state index in [2.05, 4.69) is 5.32 Å². The molecule has 19 heavy (non-hydrogen) atoms. The molecule has 1 aromatic rings. The molecule has 0 radical (unpaired) electrons. The Morgan fingerprint density at radius 3 is 3.00 bits per heavy atom. The molecule has 0 aliphatic carbocycles. The molecule has 1 heterocycles. The van der Waals surface area contributed by atoms with Crippen LogP contribution in [0, 0.1) is 0 Å². The number of hydrogen-bond donors (Lipinski definition) is 2. The zero-order chi connectivity index (χ0) is 13.7. The van der Waals surface area contributed by atoms with Gasteiger partial charge in [0.05, 0.1) is 6.54 Å². The second kappa shape index (κ2) is 6.19. The molecule has 1 fully saturated rings. The number of nitrogens with one attached hydrogen (secondary N) is 1. The average molecular weight is 264 g/mol. The summed E-state index contributed by atoms with van der Waals surface area (Å²) in [7, 11) is 0. The lowest BCUT2D eigenvalue weighted by molar-refractivity contribution is -0.116. The van der Waals surface area contributed by atoms with Crippen LogP contribution in [0.2, 0.25) is 0 Å². The summed E-state index contributed by atoms with van der Waals surface area (Å²) < 4.78 is 4.87. The predicted molar refractivity (Wildman–Crippen MR) is 70.1 cm³/mol. The molecule has 0 atom stereocenters. The van der Waals surface area contributed by atoms with Crippen molar-refractivity contribution in [3.05, 3.63) is 24.3 Å². The van der Waals surface area contributed by atoms with Crippen LogP contribution in [0.1, 0.15) is 12.8 Å². The predicted octanol–water partition coefficient (Wildman–Crippen LogP) is 1.35. The van der Waals surface area contributed by atoms with Gasteiger partial charge in [-0.3, -0.25) is 9.69 Å². The van der Waals surface area contributed by atoms with E-state index in [4.69, 9.17) is 9.84 Å². The Labute approximate surface area is 111 Å². The molecule has 1 aliphatic heterocycles. The molecule has 2 amide bonds. The van der Waals surface area contributed by atoms with Crippen molar-refractivity contribution < 1.29 is 19.4 Å². The Hall–Kier alpha value is -2.08. The quantitative estimate of drug-likeness (QED) is 0.841. The van der Waals surface area contributed by atoms with Gasteiger partial charge in [0, 0.05) is 24.4 Å². The van der Waals surface area contributed by atoms with E-state index in [9.17, 15) is 9.59 Å². The lowest BCUT2D eigenvalue weighted by atomic mass is 10.2. The van der Waals surface area contributed by atoms with Gasteiger partial charge in [0.15, 0.2) is 0 Å². The maximum absolute atomic E-state index is 11.5. The van der Waals surface area contributed by atoms with Crippen LogP contribution in [0.4, 0.5) is 16.2 Å². The van der Waals surface area contributed by atoms with Gasteiger partial charge in [-0.25, -0.2) is 4.79 Å². The standard InChI is InChI=1S/C13H16N2O4/c16-7-2-5-12(17)14-10-3-1-4-11(9-10)15-6-8-19-13(15)18/h1,3-4,9,16H,2,5-8H2,(H,14,17). The molecule has 1 aliphatic rings. The van der Waals surface area contributed by atoms with Crippen LogP contribution in [-0.2, 0) is 9.53 Å². The smallest absolute Gasteiger partial charge is 0.414 e. The zero-order valence-corrected chi connectivity index (χ0v) is 10.5. The van der Waals surface area contributed by atoms with Crippen LogP contribution in [0.3, 0.4) is 0 Å². The minimum Gasteiger partial charge on any atom is -0.447 e. The second-order valence-corrected chi connectivity index (χ2v) is 4.19. The van der Waals surface area contributed by atoms with Crippen molar-refractivity contribution in [3.8, 4) is 0 Å². The fraction of sp³-hybridized carbons (Fsp3) is 0.385. The molecule has 0 unspecified atom stereocenters. The van der Waals surface area contributed by atoms with Gasteiger partial charge in [0.1, 0.15) is 6.61 Å². The SMILES string of the molecule is O=C(CCCO)Nc1cccc(N2CCOC2=O)c1. The van der Waals surface area contributed by atoms with Gasteiger partial charge in [-0.15, -0.1) is 0 Å². The fourth-order valence-electron chi connectivity index (χ4n) is 1.84. The number of anilines is 2. The topological polar surface area (TPSA) is 78.9 Å². The van der Waals surface area contributed by atoms with Gasteiger partial charge in [0.2, 0.25) is 5.91 Å². The molecule has 1 aromatic carbocycles. The summed E-state index contributed by atoms with van der Waals surface area (Å²) >= 11 is 0. The van der Waals surface area contributed by atoms with E-state index in [-0.39, 0.29) is 25.0 Å². The minimum atomic E-state index is -0.372. The minimum absolute atomic E-state index is 0.00687. The van der Waals surface area contributed by atoms with Crippen molar-refractivity contribution in [2.45, 2.75) is 12.8 Å². The van der Waals surface area contributed by atoms with Crippen LogP contribution in [0.15, 0.2) is 24.3 Å². The van der Waals surface area contributed by atoms with E-state index in [0.29, 0.717) is 30.9 Å². The molecule has 102 valence electrons. The van der Waals surface area contributed by atoms with Gasteiger partial charge < -0.3 is 15.2 Å².